The number of nitrogens with zero attached hydrogens (tertiary/aromatic N) is 2. The topological polar surface area (TPSA) is 42.0 Å². The number of unbranched alkanes of at least 4 members (excludes halogenated alkanes) is 1. The Bertz CT molecular complexity index is 859. The van der Waals surface area contributed by atoms with E-state index in [1.807, 2.05) is 23.1 Å². The van der Waals surface area contributed by atoms with Gasteiger partial charge in [-0.3, -0.25) is 9.69 Å². The highest BCUT2D eigenvalue weighted by Gasteiger charge is 2.21. The number of amides is 1. The summed E-state index contributed by atoms with van der Waals surface area (Å²) in [7, 11) is 0. The molecule has 1 fully saturated rings. The highest BCUT2D eigenvalue weighted by molar-refractivity contribution is 5.76. The second-order valence-corrected chi connectivity index (χ2v) is 8.32. The summed E-state index contributed by atoms with van der Waals surface area (Å²) in [4.78, 5) is 17.0. The van der Waals surface area contributed by atoms with Crippen LogP contribution in [-0.4, -0.2) is 55.1 Å². The van der Waals surface area contributed by atoms with Crippen LogP contribution in [0.2, 0.25) is 0 Å². The van der Waals surface area contributed by atoms with Gasteiger partial charge >= 0.3 is 0 Å². The van der Waals surface area contributed by atoms with Gasteiger partial charge in [-0.1, -0.05) is 24.3 Å². The third-order valence-electron chi connectivity index (χ3n) is 5.93. The Morgan fingerprint density at radius 3 is 2.77 bits per heavy atom. The van der Waals surface area contributed by atoms with E-state index < -0.39 is 0 Å². The van der Waals surface area contributed by atoms with Gasteiger partial charge in [0.15, 0.2) is 0 Å². The minimum atomic E-state index is 0.278. The summed E-state index contributed by atoms with van der Waals surface area (Å²) in [6.07, 6.45) is 3.41. The first-order valence-electron chi connectivity index (χ1n) is 11.1. The molecule has 0 N–H and O–H groups in total. The van der Waals surface area contributed by atoms with Gasteiger partial charge in [0.05, 0.1) is 13.2 Å². The normalized spacial score (nSPS) is 16.2. The predicted molar refractivity (Wildman–Crippen MR) is 118 cm³/mol. The summed E-state index contributed by atoms with van der Waals surface area (Å²) in [5.74, 6) is 2.23. The monoisotopic (exact) mass is 408 g/mol. The molecule has 0 spiro atoms. The first kappa shape index (κ1) is 20.7. The quantitative estimate of drug-likeness (QED) is 0.623. The van der Waals surface area contributed by atoms with Crippen LogP contribution in [0.5, 0.6) is 11.5 Å². The molecule has 1 saturated heterocycles. The van der Waals surface area contributed by atoms with Gasteiger partial charge in [0, 0.05) is 45.6 Å². The first-order valence-corrected chi connectivity index (χ1v) is 11.1. The van der Waals surface area contributed by atoms with Crippen LogP contribution in [0.4, 0.5) is 0 Å². The molecular formula is C25H32N2O3. The molecule has 0 atom stereocenters. The van der Waals surface area contributed by atoms with E-state index in [2.05, 4.69) is 36.1 Å². The average Bonchev–Trinajstić information content (AvgIpc) is 3.22. The van der Waals surface area contributed by atoms with Gasteiger partial charge < -0.3 is 14.4 Å². The van der Waals surface area contributed by atoms with Crippen LogP contribution < -0.4 is 9.47 Å². The Morgan fingerprint density at radius 1 is 1.07 bits per heavy atom. The van der Waals surface area contributed by atoms with Crippen molar-refractivity contribution in [3.05, 3.63) is 59.2 Å². The van der Waals surface area contributed by atoms with Crippen molar-refractivity contribution in [2.75, 3.05) is 39.4 Å². The fourth-order valence-corrected chi connectivity index (χ4v) is 4.18. The molecule has 4 rings (SSSR count). The van der Waals surface area contributed by atoms with Gasteiger partial charge in [-0.2, -0.15) is 0 Å². The highest BCUT2D eigenvalue weighted by Crippen LogP contribution is 2.26. The molecule has 5 heteroatoms. The Hall–Kier alpha value is -2.53. The van der Waals surface area contributed by atoms with Gasteiger partial charge in [-0.15, -0.1) is 0 Å². The van der Waals surface area contributed by atoms with Crippen LogP contribution in [0.1, 0.15) is 36.0 Å². The lowest BCUT2D eigenvalue weighted by Gasteiger charge is -2.35. The number of carbonyl (C=O) groups is 1. The van der Waals surface area contributed by atoms with Crippen LogP contribution >= 0.6 is 0 Å². The minimum Gasteiger partial charge on any atom is -0.494 e. The van der Waals surface area contributed by atoms with E-state index >= 15 is 0 Å². The lowest BCUT2D eigenvalue weighted by atomic mass is 10.1. The molecule has 1 amide bonds. The molecule has 2 aromatic rings. The first-order chi connectivity index (χ1) is 14.7. The molecule has 0 aliphatic carbocycles. The van der Waals surface area contributed by atoms with Crippen molar-refractivity contribution in [2.45, 2.75) is 39.2 Å². The van der Waals surface area contributed by atoms with Gasteiger partial charge in [0.1, 0.15) is 11.5 Å². The molecule has 2 aliphatic rings. The molecule has 0 saturated carbocycles. The Kier molecular flexibility index (Phi) is 6.90. The Balaban J connectivity index is 1.12. The van der Waals surface area contributed by atoms with Gasteiger partial charge in [0.25, 0.3) is 0 Å². The van der Waals surface area contributed by atoms with Crippen molar-refractivity contribution in [1.29, 1.82) is 0 Å². The number of aryl methyl sites for hydroxylation is 1. The molecular weight excluding hydrogens is 376 g/mol. The zero-order valence-electron chi connectivity index (χ0n) is 17.9. The van der Waals surface area contributed by atoms with Crippen LogP contribution in [0.3, 0.4) is 0 Å². The number of benzene rings is 2. The standard InChI is InChI=1S/C25H32N2O3/c1-20-5-4-6-23(17-20)29-15-3-2-7-25(28)27-13-11-26(12-14-27)19-21-8-9-24-22(18-21)10-16-30-24/h4-6,8-9,17-18H,2-3,7,10-16,19H2,1H3. The van der Waals surface area contributed by atoms with Crippen LogP contribution in [-0.2, 0) is 17.8 Å². The largest absolute Gasteiger partial charge is 0.494 e. The summed E-state index contributed by atoms with van der Waals surface area (Å²) in [6.45, 7) is 8.01. The van der Waals surface area contributed by atoms with Crippen molar-refractivity contribution in [3.63, 3.8) is 0 Å². The minimum absolute atomic E-state index is 0.278. The fraction of sp³-hybridized carbons (Fsp3) is 0.480. The van der Waals surface area contributed by atoms with Crippen molar-refractivity contribution in [2.24, 2.45) is 0 Å². The van der Waals surface area contributed by atoms with Crippen molar-refractivity contribution in [1.82, 2.24) is 9.80 Å². The lowest BCUT2D eigenvalue weighted by molar-refractivity contribution is -0.133. The molecule has 2 aliphatic heterocycles. The molecule has 0 aromatic heterocycles. The second kappa shape index (κ2) is 9.98. The number of piperazine rings is 1. The van der Waals surface area contributed by atoms with E-state index in [4.69, 9.17) is 9.47 Å². The zero-order valence-corrected chi connectivity index (χ0v) is 17.9. The highest BCUT2D eigenvalue weighted by atomic mass is 16.5. The van der Waals surface area contributed by atoms with Crippen LogP contribution in [0.25, 0.3) is 0 Å². The third-order valence-corrected chi connectivity index (χ3v) is 5.93. The van der Waals surface area contributed by atoms with E-state index in [1.54, 1.807) is 0 Å². The molecule has 0 unspecified atom stereocenters. The summed E-state index contributed by atoms with van der Waals surface area (Å²) in [5, 5.41) is 0. The molecule has 30 heavy (non-hydrogen) atoms. The van der Waals surface area contributed by atoms with Gasteiger partial charge in [-0.25, -0.2) is 0 Å². The summed E-state index contributed by atoms with van der Waals surface area (Å²) >= 11 is 0. The maximum atomic E-state index is 12.5. The third kappa shape index (κ3) is 5.54. The number of hydrogen-bond acceptors (Lipinski definition) is 4. The number of hydrogen-bond donors (Lipinski definition) is 0. The van der Waals surface area contributed by atoms with Crippen molar-refractivity contribution < 1.29 is 14.3 Å². The number of carbonyl (C=O) groups excluding carboxylic acids is 1. The predicted octanol–water partition coefficient (Wildman–Crippen LogP) is 3.82. The lowest BCUT2D eigenvalue weighted by Crippen LogP contribution is -2.48. The van der Waals surface area contributed by atoms with E-state index in [0.717, 1.165) is 70.1 Å². The molecule has 2 heterocycles. The summed E-state index contributed by atoms with van der Waals surface area (Å²) in [5.41, 5.74) is 3.87. The Labute approximate surface area is 179 Å². The van der Waals surface area contributed by atoms with E-state index in [9.17, 15) is 4.79 Å². The number of rotatable bonds is 8. The van der Waals surface area contributed by atoms with E-state index in [1.165, 1.54) is 16.7 Å². The van der Waals surface area contributed by atoms with Crippen molar-refractivity contribution in [3.8, 4) is 11.5 Å². The molecule has 5 nitrogen and oxygen atoms in total. The fourth-order valence-electron chi connectivity index (χ4n) is 4.18. The SMILES string of the molecule is Cc1cccc(OCCCCC(=O)N2CCN(Cc3ccc4c(c3)CCO4)CC2)c1. The summed E-state index contributed by atoms with van der Waals surface area (Å²) in [6, 6.07) is 14.6. The van der Waals surface area contributed by atoms with Gasteiger partial charge in [0.2, 0.25) is 5.91 Å². The number of ether oxygens (including phenoxy) is 2. The Morgan fingerprint density at radius 2 is 1.93 bits per heavy atom. The smallest absolute Gasteiger partial charge is 0.222 e. The average molecular weight is 409 g/mol. The van der Waals surface area contributed by atoms with Crippen molar-refractivity contribution >= 4 is 5.91 Å². The second-order valence-electron chi connectivity index (χ2n) is 8.32. The van der Waals surface area contributed by atoms with E-state index in [-0.39, 0.29) is 5.91 Å². The van der Waals surface area contributed by atoms with Crippen LogP contribution in [0, 0.1) is 6.92 Å². The van der Waals surface area contributed by atoms with Crippen LogP contribution in [0.15, 0.2) is 42.5 Å². The molecule has 160 valence electrons. The maximum absolute atomic E-state index is 12.5. The summed E-state index contributed by atoms with van der Waals surface area (Å²) < 4.78 is 11.4. The molecule has 0 bridgehead atoms. The molecule has 2 aromatic carbocycles. The van der Waals surface area contributed by atoms with E-state index in [0.29, 0.717) is 13.0 Å². The van der Waals surface area contributed by atoms with Gasteiger partial charge in [-0.05, 0) is 54.7 Å². The molecule has 0 radical (unpaired) electrons. The number of fused-ring (bicyclic) bond motifs is 1. The maximum Gasteiger partial charge on any atom is 0.222 e. The zero-order chi connectivity index (χ0) is 20.8.